The van der Waals surface area contributed by atoms with Gasteiger partial charge in [-0.15, -0.1) is 0 Å². The third kappa shape index (κ3) is 4.34. The van der Waals surface area contributed by atoms with E-state index in [0.717, 1.165) is 24.9 Å². The predicted octanol–water partition coefficient (Wildman–Crippen LogP) is 4.39. The van der Waals surface area contributed by atoms with Crippen molar-refractivity contribution in [1.29, 1.82) is 0 Å². The minimum atomic E-state index is 0.549. The highest BCUT2D eigenvalue weighted by Gasteiger charge is 2.09. The number of anilines is 1. The first-order valence-corrected chi connectivity index (χ1v) is 6.72. The molecule has 0 amide bonds. The van der Waals surface area contributed by atoms with Crippen LogP contribution in [-0.2, 0) is 0 Å². The Morgan fingerprint density at radius 1 is 1.35 bits per heavy atom. The molecule has 1 aromatic carbocycles. The zero-order chi connectivity index (χ0) is 12.8. The van der Waals surface area contributed by atoms with Gasteiger partial charge in [-0.3, -0.25) is 0 Å². The van der Waals surface area contributed by atoms with Gasteiger partial charge >= 0.3 is 0 Å². The molecule has 0 heterocycles. The van der Waals surface area contributed by atoms with Gasteiger partial charge in [-0.2, -0.15) is 0 Å². The van der Waals surface area contributed by atoms with E-state index in [1.54, 1.807) is 6.07 Å². The largest absolute Gasteiger partial charge is 0.362 e. The van der Waals surface area contributed by atoms with Crippen molar-refractivity contribution in [2.24, 2.45) is 0 Å². The zero-order valence-corrected chi connectivity index (χ0v) is 12.3. The molecular weight excluding hydrogens is 275 g/mol. The van der Waals surface area contributed by atoms with Crippen molar-refractivity contribution in [2.45, 2.75) is 26.7 Å². The molecule has 0 radical (unpaired) electrons. The lowest BCUT2D eigenvalue weighted by Gasteiger charge is -2.14. The second kappa shape index (κ2) is 7.04. The molecule has 0 fully saturated rings. The lowest BCUT2D eigenvalue weighted by molar-refractivity contribution is 0.758. The van der Waals surface area contributed by atoms with E-state index in [1.807, 2.05) is 13.0 Å². The van der Waals surface area contributed by atoms with Crippen LogP contribution in [0, 0.1) is 6.92 Å². The summed E-state index contributed by atoms with van der Waals surface area (Å²) in [4.78, 5) is 0. The second-order valence-corrected chi connectivity index (χ2v) is 4.98. The fraction of sp³-hybridized carbons (Fsp3) is 0.417. The summed E-state index contributed by atoms with van der Waals surface area (Å²) in [5.41, 5.74) is 1.64. The van der Waals surface area contributed by atoms with E-state index in [2.05, 4.69) is 17.6 Å². The van der Waals surface area contributed by atoms with Crippen molar-refractivity contribution in [1.82, 2.24) is 5.32 Å². The van der Waals surface area contributed by atoms with E-state index in [0.29, 0.717) is 20.8 Å². The van der Waals surface area contributed by atoms with E-state index >= 15 is 0 Å². The van der Waals surface area contributed by atoms with Gasteiger partial charge in [0.25, 0.3) is 0 Å². The number of halogens is 2. The van der Waals surface area contributed by atoms with Gasteiger partial charge < -0.3 is 10.6 Å². The molecule has 0 aliphatic heterocycles. The number of unbranched alkanes of at least 4 members (excludes halogenated alkanes) is 1. The molecule has 0 saturated carbocycles. The molecule has 2 N–H and O–H groups in total. The quantitative estimate of drug-likeness (QED) is 0.635. The summed E-state index contributed by atoms with van der Waals surface area (Å²) in [6, 6.07) is 3.68. The number of hydrogen-bond acceptors (Lipinski definition) is 1. The molecule has 0 aliphatic rings. The van der Waals surface area contributed by atoms with E-state index in [-0.39, 0.29) is 0 Å². The Kier molecular flexibility index (Phi) is 6.03. The molecule has 0 atom stereocenters. The molecule has 0 bridgehead atoms. The van der Waals surface area contributed by atoms with Crippen LogP contribution < -0.4 is 10.6 Å². The third-order valence-corrected chi connectivity index (χ3v) is 3.39. The Balaban J connectivity index is 2.68. The van der Waals surface area contributed by atoms with Crippen molar-refractivity contribution in [3.05, 3.63) is 27.7 Å². The Morgan fingerprint density at radius 3 is 2.71 bits per heavy atom. The maximum absolute atomic E-state index is 6.17. The van der Waals surface area contributed by atoms with Crippen LogP contribution in [0.25, 0.3) is 0 Å². The first kappa shape index (κ1) is 14.6. The maximum Gasteiger partial charge on any atom is 0.170 e. The number of benzene rings is 1. The van der Waals surface area contributed by atoms with Crippen LogP contribution >= 0.6 is 35.4 Å². The Bertz CT molecular complexity index is 408. The summed E-state index contributed by atoms with van der Waals surface area (Å²) < 4.78 is 0. The van der Waals surface area contributed by atoms with Gasteiger partial charge in [0.2, 0.25) is 0 Å². The number of aryl methyl sites for hydroxylation is 1. The Morgan fingerprint density at radius 2 is 2.06 bits per heavy atom. The molecule has 1 rings (SSSR count). The summed E-state index contributed by atoms with van der Waals surface area (Å²) in [5, 5.41) is 7.87. The van der Waals surface area contributed by atoms with Crippen LogP contribution in [0.5, 0.6) is 0 Å². The summed E-state index contributed by atoms with van der Waals surface area (Å²) in [6.07, 6.45) is 2.21. The molecule has 0 spiro atoms. The Labute approximate surface area is 118 Å². The van der Waals surface area contributed by atoms with Crippen LogP contribution in [-0.4, -0.2) is 11.7 Å². The molecule has 0 unspecified atom stereocenters. The van der Waals surface area contributed by atoms with Gasteiger partial charge in [-0.05, 0) is 37.2 Å². The lowest BCUT2D eigenvalue weighted by Crippen LogP contribution is -2.29. The molecule has 0 aliphatic carbocycles. The van der Waals surface area contributed by atoms with E-state index in [4.69, 9.17) is 35.4 Å². The smallest absolute Gasteiger partial charge is 0.170 e. The summed E-state index contributed by atoms with van der Waals surface area (Å²) in [7, 11) is 0. The van der Waals surface area contributed by atoms with Crippen LogP contribution in [0.1, 0.15) is 25.3 Å². The fourth-order valence-electron chi connectivity index (χ4n) is 1.31. The summed E-state index contributed by atoms with van der Waals surface area (Å²) >= 11 is 17.4. The lowest BCUT2D eigenvalue weighted by atomic mass is 10.2. The van der Waals surface area contributed by atoms with Crippen molar-refractivity contribution in [3.63, 3.8) is 0 Å². The molecular formula is C12H16Cl2N2S. The topological polar surface area (TPSA) is 24.1 Å². The van der Waals surface area contributed by atoms with Crippen molar-refractivity contribution >= 4 is 46.2 Å². The van der Waals surface area contributed by atoms with E-state index < -0.39 is 0 Å². The van der Waals surface area contributed by atoms with Crippen LogP contribution in [0.2, 0.25) is 10.0 Å². The van der Waals surface area contributed by atoms with Gasteiger partial charge in [0.05, 0.1) is 15.7 Å². The van der Waals surface area contributed by atoms with Crippen LogP contribution in [0.3, 0.4) is 0 Å². The summed E-state index contributed by atoms with van der Waals surface area (Å²) in [6.45, 7) is 4.91. The average molecular weight is 291 g/mol. The second-order valence-electron chi connectivity index (χ2n) is 3.79. The highest BCUT2D eigenvalue weighted by atomic mass is 35.5. The monoisotopic (exact) mass is 290 g/mol. The van der Waals surface area contributed by atoms with Crippen molar-refractivity contribution in [2.75, 3.05) is 11.9 Å². The van der Waals surface area contributed by atoms with Gasteiger partial charge in [0.1, 0.15) is 0 Å². The van der Waals surface area contributed by atoms with Gasteiger partial charge in [0, 0.05) is 6.54 Å². The average Bonchev–Trinajstić information content (AvgIpc) is 2.30. The van der Waals surface area contributed by atoms with Crippen LogP contribution in [0.4, 0.5) is 5.69 Å². The fourth-order valence-corrected chi connectivity index (χ4v) is 1.98. The first-order valence-electron chi connectivity index (χ1n) is 5.55. The molecule has 1 aromatic rings. The first-order chi connectivity index (χ1) is 8.06. The van der Waals surface area contributed by atoms with Crippen LogP contribution in [0.15, 0.2) is 12.1 Å². The van der Waals surface area contributed by atoms with Gasteiger partial charge in [-0.25, -0.2) is 0 Å². The van der Waals surface area contributed by atoms with Gasteiger partial charge in [0.15, 0.2) is 5.11 Å². The van der Waals surface area contributed by atoms with Crippen molar-refractivity contribution < 1.29 is 0 Å². The van der Waals surface area contributed by atoms with Gasteiger partial charge in [-0.1, -0.05) is 42.6 Å². The molecule has 2 nitrogen and oxygen atoms in total. The minimum absolute atomic E-state index is 0.549. The molecule has 17 heavy (non-hydrogen) atoms. The number of rotatable bonds is 4. The third-order valence-electron chi connectivity index (χ3n) is 2.34. The molecule has 94 valence electrons. The highest BCUT2D eigenvalue weighted by molar-refractivity contribution is 7.80. The van der Waals surface area contributed by atoms with E-state index in [9.17, 15) is 0 Å². The standard InChI is InChI=1S/C12H16Cl2N2S/c1-3-4-7-15-12(17)16-11-9(13)6-5-8(2)10(11)14/h5-6H,3-4,7H2,1-2H3,(H2,15,16,17). The zero-order valence-electron chi connectivity index (χ0n) is 9.94. The predicted molar refractivity (Wildman–Crippen MR) is 80.3 cm³/mol. The van der Waals surface area contributed by atoms with Crippen molar-refractivity contribution in [3.8, 4) is 0 Å². The number of nitrogens with one attached hydrogen (secondary N) is 2. The SMILES string of the molecule is CCCCNC(=S)Nc1c(Cl)ccc(C)c1Cl. The molecule has 5 heteroatoms. The summed E-state index contributed by atoms with van der Waals surface area (Å²) in [5.74, 6) is 0. The molecule has 0 saturated heterocycles. The highest BCUT2D eigenvalue weighted by Crippen LogP contribution is 2.32. The normalized spacial score (nSPS) is 10.1. The minimum Gasteiger partial charge on any atom is -0.362 e. The number of hydrogen-bond donors (Lipinski definition) is 2. The Hall–Kier alpha value is -0.510. The van der Waals surface area contributed by atoms with E-state index in [1.165, 1.54) is 0 Å². The molecule has 0 aromatic heterocycles. The number of thiocarbonyl (C=S) groups is 1. The maximum atomic E-state index is 6.17.